The molecule has 8 heteroatoms. The summed E-state index contributed by atoms with van der Waals surface area (Å²) in [7, 11) is -3.72. The third-order valence-electron chi connectivity index (χ3n) is 4.86. The standard InChI is InChI=1S/C21H25FN2O3S2/c22-19-8-10-20(11-9-19)29(26,27)24-13-4-7-18(15-24)21(25)23-12-14-28-16-17-5-2-1-3-6-17/h1-3,5-6,8-11,18H,4,7,12-16H2,(H,23,25). The van der Waals surface area contributed by atoms with Gasteiger partial charge < -0.3 is 5.32 Å². The van der Waals surface area contributed by atoms with Crippen molar-refractivity contribution >= 4 is 27.7 Å². The van der Waals surface area contributed by atoms with Gasteiger partial charge in [-0.2, -0.15) is 16.1 Å². The molecule has 1 aliphatic rings. The van der Waals surface area contributed by atoms with Gasteiger partial charge in [0.25, 0.3) is 0 Å². The van der Waals surface area contributed by atoms with Crippen molar-refractivity contribution in [3.8, 4) is 0 Å². The molecule has 0 aromatic heterocycles. The number of nitrogens with one attached hydrogen (secondary N) is 1. The Labute approximate surface area is 175 Å². The predicted molar refractivity (Wildman–Crippen MR) is 113 cm³/mol. The summed E-state index contributed by atoms with van der Waals surface area (Å²) in [6.07, 6.45) is 1.29. The minimum Gasteiger partial charge on any atom is -0.355 e. The maximum absolute atomic E-state index is 13.1. The fourth-order valence-corrected chi connectivity index (χ4v) is 5.63. The van der Waals surface area contributed by atoms with Crippen LogP contribution in [0.15, 0.2) is 59.5 Å². The lowest BCUT2D eigenvalue weighted by atomic mass is 9.99. The van der Waals surface area contributed by atoms with Gasteiger partial charge in [-0.25, -0.2) is 12.8 Å². The molecular weight excluding hydrogens is 411 g/mol. The van der Waals surface area contributed by atoms with Crippen LogP contribution in [0.5, 0.6) is 0 Å². The fraction of sp³-hybridized carbons (Fsp3) is 0.381. The van der Waals surface area contributed by atoms with E-state index < -0.39 is 15.8 Å². The third kappa shape index (κ3) is 6.04. The number of thioether (sulfide) groups is 1. The second-order valence-corrected chi connectivity index (χ2v) is 10.0. The summed E-state index contributed by atoms with van der Waals surface area (Å²) in [4.78, 5) is 12.5. The molecule has 0 saturated carbocycles. The number of nitrogens with zero attached hydrogens (tertiary/aromatic N) is 1. The Hall–Kier alpha value is -1.90. The lowest BCUT2D eigenvalue weighted by Gasteiger charge is -2.31. The first-order valence-electron chi connectivity index (χ1n) is 9.62. The molecule has 3 rings (SSSR count). The van der Waals surface area contributed by atoms with E-state index in [1.54, 1.807) is 11.8 Å². The maximum Gasteiger partial charge on any atom is 0.243 e. The molecule has 0 spiro atoms. The number of sulfonamides is 1. The molecule has 2 aromatic carbocycles. The molecule has 5 nitrogen and oxygen atoms in total. The first-order chi connectivity index (χ1) is 14.0. The summed E-state index contributed by atoms with van der Waals surface area (Å²) in [6, 6.07) is 14.9. The zero-order chi connectivity index (χ0) is 20.7. The van der Waals surface area contributed by atoms with Crippen LogP contribution in [0, 0.1) is 11.7 Å². The Balaban J connectivity index is 1.47. The summed E-state index contributed by atoms with van der Waals surface area (Å²) in [5.74, 6) is 0.738. The Bertz CT molecular complexity index is 905. The van der Waals surface area contributed by atoms with E-state index >= 15 is 0 Å². The molecule has 29 heavy (non-hydrogen) atoms. The molecule has 156 valence electrons. The predicted octanol–water partition coefficient (Wildman–Crippen LogP) is 3.28. The first kappa shape index (κ1) is 21.8. The molecule has 1 fully saturated rings. The number of benzene rings is 2. The zero-order valence-corrected chi connectivity index (χ0v) is 17.7. The minimum absolute atomic E-state index is 0.0530. The number of carbonyl (C=O) groups excluding carboxylic acids is 1. The van der Waals surface area contributed by atoms with Gasteiger partial charge in [0.05, 0.1) is 10.8 Å². The monoisotopic (exact) mass is 436 g/mol. The minimum atomic E-state index is -3.72. The summed E-state index contributed by atoms with van der Waals surface area (Å²) in [5.41, 5.74) is 1.25. The highest BCUT2D eigenvalue weighted by Crippen LogP contribution is 2.24. The van der Waals surface area contributed by atoms with Crippen LogP contribution >= 0.6 is 11.8 Å². The van der Waals surface area contributed by atoms with Crippen molar-refractivity contribution in [1.82, 2.24) is 9.62 Å². The number of piperidine rings is 1. The van der Waals surface area contributed by atoms with Gasteiger partial charge in [-0.1, -0.05) is 30.3 Å². The molecule has 1 unspecified atom stereocenters. The molecule has 2 aromatic rings. The number of amides is 1. The van der Waals surface area contributed by atoms with Gasteiger partial charge in [0.2, 0.25) is 15.9 Å². The van der Waals surface area contributed by atoms with Crippen molar-refractivity contribution in [3.63, 3.8) is 0 Å². The highest BCUT2D eigenvalue weighted by atomic mass is 32.2. The molecule has 1 N–H and O–H groups in total. The largest absolute Gasteiger partial charge is 0.355 e. The van der Waals surface area contributed by atoms with E-state index in [1.807, 2.05) is 18.2 Å². The van der Waals surface area contributed by atoms with Gasteiger partial charge >= 0.3 is 0 Å². The van der Waals surface area contributed by atoms with Gasteiger partial charge in [0, 0.05) is 31.1 Å². The van der Waals surface area contributed by atoms with Crippen molar-refractivity contribution in [1.29, 1.82) is 0 Å². The first-order valence-corrected chi connectivity index (χ1v) is 12.2. The van der Waals surface area contributed by atoms with Crippen LogP contribution < -0.4 is 5.32 Å². The van der Waals surface area contributed by atoms with Crippen LogP contribution in [0.2, 0.25) is 0 Å². The average Bonchev–Trinajstić information content (AvgIpc) is 2.74. The van der Waals surface area contributed by atoms with Crippen molar-refractivity contribution in [2.75, 3.05) is 25.4 Å². The van der Waals surface area contributed by atoms with Crippen molar-refractivity contribution < 1.29 is 17.6 Å². The van der Waals surface area contributed by atoms with Gasteiger partial charge in [-0.05, 0) is 42.7 Å². The zero-order valence-electron chi connectivity index (χ0n) is 16.1. The van der Waals surface area contributed by atoms with Gasteiger partial charge in [0.1, 0.15) is 5.82 Å². The van der Waals surface area contributed by atoms with Crippen molar-refractivity contribution in [2.24, 2.45) is 5.92 Å². The topological polar surface area (TPSA) is 66.5 Å². The Morgan fingerprint density at radius 2 is 1.86 bits per heavy atom. The summed E-state index contributed by atoms with van der Waals surface area (Å²) in [6.45, 7) is 1.08. The van der Waals surface area contributed by atoms with Crippen molar-refractivity contribution in [3.05, 3.63) is 66.0 Å². The number of halogens is 1. The van der Waals surface area contributed by atoms with E-state index in [0.717, 1.165) is 23.6 Å². The molecule has 1 atom stereocenters. The number of hydrogen-bond acceptors (Lipinski definition) is 4. The van der Waals surface area contributed by atoms with E-state index in [4.69, 9.17) is 0 Å². The molecule has 1 aliphatic heterocycles. The third-order valence-corrected chi connectivity index (χ3v) is 7.77. The Morgan fingerprint density at radius 3 is 2.59 bits per heavy atom. The van der Waals surface area contributed by atoms with E-state index in [0.29, 0.717) is 25.9 Å². The molecule has 1 saturated heterocycles. The molecule has 0 bridgehead atoms. The Kier molecular flexibility index (Phi) is 7.69. The number of hydrogen-bond donors (Lipinski definition) is 1. The normalized spacial score (nSPS) is 17.8. The molecular formula is C21H25FN2O3S2. The molecule has 0 radical (unpaired) electrons. The van der Waals surface area contributed by atoms with Crippen LogP contribution in [0.25, 0.3) is 0 Å². The molecule has 1 heterocycles. The number of carbonyl (C=O) groups is 1. The summed E-state index contributed by atoms with van der Waals surface area (Å²) >= 11 is 1.75. The smallest absolute Gasteiger partial charge is 0.243 e. The highest BCUT2D eigenvalue weighted by molar-refractivity contribution is 7.98. The fourth-order valence-electron chi connectivity index (χ4n) is 3.29. The lowest BCUT2D eigenvalue weighted by molar-refractivity contribution is -0.125. The van der Waals surface area contributed by atoms with E-state index in [9.17, 15) is 17.6 Å². The summed E-state index contributed by atoms with van der Waals surface area (Å²) in [5, 5.41) is 2.93. The second kappa shape index (κ2) is 10.2. The maximum atomic E-state index is 13.1. The lowest BCUT2D eigenvalue weighted by Crippen LogP contribution is -2.45. The highest BCUT2D eigenvalue weighted by Gasteiger charge is 2.33. The quantitative estimate of drug-likeness (QED) is 0.645. The van der Waals surface area contributed by atoms with Gasteiger partial charge in [-0.15, -0.1) is 0 Å². The molecule has 1 amide bonds. The SMILES string of the molecule is O=C(NCCSCc1ccccc1)C1CCCN(S(=O)(=O)c2ccc(F)cc2)C1. The van der Waals surface area contributed by atoms with Crippen LogP contribution in [0.3, 0.4) is 0 Å². The second-order valence-electron chi connectivity index (χ2n) is 6.99. The van der Waals surface area contributed by atoms with E-state index in [1.165, 1.54) is 22.0 Å². The average molecular weight is 437 g/mol. The van der Waals surface area contributed by atoms with Crippen LogP contribution in [0.1, 0.15) is 18.4 Å². The van der Waals surface area contributed by atoms with E-state index in [-0.39, 0.29) is 23.3 Å². The van der Waals surface area contributed by atoms with Gasteiger partial charge in [0.15, 0.2) is 0 Å². The van der Waals surface area contributed by atoms with Gasteiger partial charge in [-0.3, -0.25) is 4.79 Å². The molecule has 0 aliphatic carbocycles. The summed E-state index contributed by atoms with van der Waals surface area (Å²) < 4.78 is 40.0. The van der Waals surface area contributed by atoms with Crippen LogP contribution in [0.4, 0.5) is 4.39 Å². The van der Waals surface area contributed by atoms with Crippen molar-refractivity contribution in [2.45, 2.75) is 23.5 Å². The van der Waals surface area contributed by atoms with E-state index in [2.05, 4.69) is 17.4 Å². The van der Waals surface area contributed by atoms with Crippen LogP contribution in [-0.4, -0.2) is 44.0 Å². The van der Waals surface area contributed by atoms with Crippen LogP contribution in [-0.2, 0) is 20.6 Å². The number of rotatable bonds is 8. The Morgan fingerprint density at radius 1 is 1.14 bits per heavy atom.